The van der Waals surface area contributed by atoms with Gasteiger partial charge in [0.2, 0.25) is 0 Å². The predicted octanol–water partition coefficient (Wildman–Crippen LogP) is 1.93. The van der Waals surface area contributed by atoms with Crippen molar-refractivity contribution in [1.29, 1.82) is 0 Å². The lowest BCUT2D eigenvalue weighted by atomic mass is 10.1. The Balaban J connectivity index is 1.59. The van der Waals surface area contributed by atoms with Crippen LogP contribution in [0.15, 0.2) is 24.3 Å². The highest BCUT2D eigenvalue weighted by Gasteiger charge is 2.33. The molecule has 6 nitrogen and oxygen atoms in total. The fraction of sp³-hybridized carbons (Fsp3) is 0.471. The molecule has 23 heavy (non-hydrogen) atoms. The van der Waals surface area contributed by atoms with Gasteiger partial charge >= 0.3 is 5.97 Å². The number of carboxylic acid groups (broad SMARTS) is 1. The van der Waals surface area contributed by atoms with Gasteiger partial charge in [-0.05, 0) is 36.8 Å². The molecule has 2 heterocycles. The quantitative estimate of drug-likeness (QED) is 0.934. The summed E-state index contributed by atoms with van der Waals surface area (Å²) in [6.07, 6.45) is 2.54. The number of benzene rings is 1. The summed E-state index contributed by atoms with van der Waals surface area (Å²) in [6, 6.07) is 8.01. The second-order valence-electron chi connectivity index (χ2n) is 6.55. The summed E-state index contributed by atoms with van der Waals surface area (Å²) in [7, 11) is 0. The van der Waals surface area contributed by atoms with Crippen molar-refractivity contribution in [2.45, 2.75) is 51.4 Å². The van der Waals surface area contributed by atoms with E-state index in [9.17, 15) is 9.90 Å². The van der Waals surface area contributed by atoms with Crippen LogP contribution < -0.4 is 0 Å². The topological polar surface area (TPSA) is 71.2 Å². The summed E-state index contributed by atoms with van der Waals surface area (Å²) in [5.74, 6) is 1.54. The van der Waals surface area contributed by atoms with Crippen LogP contribution in [-0.4, -0.2) is 36.8 Å². The fourth-order valence-corrected chi connectivity index (χ4v) is 3.36. The molecular weight excluding hydrogens is 292 g/mol. The second-order valence-corrected chi connectivity index (χ2v) is 6.55. The molecule has 2 aromatic rings. The first kappa shape index (κ1) is 14.4. The molecule has 120 valence electrons. The van der Waals surface area contributed by atoms with Gasteiger partial charge in [0.05, 0.1) is 13.1 Å². The summed E-state index contributed by atoms with van der Waals surface area (Å²) >= 11 is 0. The normalized spacial score (nSPS) is 21.2. The minimum atomic E-state index is -0.790. The smallest absolute Gasteiger partial charge is 0.322 e. The number of aliphatic carboxylic acids is 1. The van der Waals surface area contributed by atoms with Crippen LogP contribution in [0.3, 0.4) is 0 Å². The molecule has 0 bridgehead atoms. The zero-order valence-corrected chi connectivity index (χ0v) is 13.1. The molecule has 2 aliphatic rings. The Labute approximate surface area is 134 Å². The molecule has 1 aliphatic carbocycles. The van der Waals surface area contributed by atoms with E-state index in [-0.39, 0.29) is 0 Å². The molecule has 1 unspecified atom stereocenters. The molecule has 0 radical (unpaired) electrons. The van der Waals surface area contributed by atoms with E-state index >= 15 is 0 Å². The molecule has 1 aliphatic heterocycles. The summed E-state index contributed by atoms with van der Waals surface area (Å²) in [6.45, 7) is 3.42. The van der Waals surface area contributed by atoms with Crippen molar-refractivity contribution in [3.05, 3.63) is 47.0 Å². The van der Waals surface area contributed by atoms with Gasteiger partial charge in [0.15, 0.2) is 0 Å². The number of aryl methyl sites for hydroxylation is 1. The molecule has 0 spiro atoms. The van der Waals surface area contributed by atoms with Gasteiger partial charge in [0.25, 0.3) is 0 Å². The Morgan fingerprint density at radius 1 is 1.35 bits per heavy atom. The average Bonchev–Trinajstić information content (AvgIpc) is 3.32. The van der Waals surface area contributed by atoms with Gasteiger partial charge in [-0.25, -0.2) is 0 Å². The molecule has 1 aromatic carbocycles. The van der Waals surface area contributed by atoms with E-state index in [0.29, 0.717) is 25.6 Å². The Bertz CT molecular complexity index is 751. The van der Waals surface area contributed by atoms with Crippen molar-refractivity contribution < 1.29 is 9.90 Å². The maximum absolute atomic E-state index is 11.7. The van der Waals surface area contributed by atoms with Crippen molar-refractivity contribution in [2.24, 2.45) is 0 Å². The van der Waals surface area contributed by atoms with Crippen molar-refractivity contribution in [3.8, 4) is 0 Å². The second kappa shape index (κ2) is 5.45. The van der Waals surface area contributed by atoms with Crippen molar-refractivity contribution in [2.75, 3.05) is 0 Å². The van der Waals surface area contributed by atoms with E-state index in [1.165, 1.54) is 24.0 Å². The lowest BCUT2D eigenvalue weighted by Crippen LogP contribution is -2.47. The maximum Gasteiger partial charge on any atom is 0.322 e. The number of carbonyl (C=O) groups is 1. The lowest BCUT2D eigenvalue weighted by molar-refractivity contribution is -0.145. The largest absolute Gasteiger partial charge is 0.480 e. The van der Waals surface area contributed by atoms with Gasteiger partial charge in [-0.1, -0.05) is 24.3 Å². The third-order valence-electron chi connectivity index (χ3n) is 4.82. The van der Waals surface area contributed by atoms with E-state index < -0.39 is 12.0 Å². The van der Waals surface area contributed by atoms with E-state index in [0.717, 1.165) is 11.6 Å². The third kappa shape index (κ3) is 2.74. The first-order valence-corrected chi connectivity index (χ1v) is 8.06. The summed E-state index contributed by atoms with van der Waals surface area (Å²) in [4.78, 5) is 13.7. The molecule has 4 rings (SSSR count). The van der Waals surface area contributed by atoms with E-state index in [1.54, 1.807) is 0 Å². The number of hydrogen-bond donors (Lipinski definition) is 1. The van der Waals surface area contributed by atoms with Crippen LogP contribution >= 0.6 is 0 Å². The minimum absolute atomic E-state index is 0.409. The van der Waals surface area contributed by atoms with Crippen molar-refractivity contribution >= 4 is 5.97 Å². The zero-order chi connectivity index (χ0) is 16.0. The van der Waals surface area contributed by atoms with Crippen molar-refractivity contribution in [1.82, 2.24) is 19.7 Å². The van der Waals surface area contributed by atoms with Crippen LogP contribution in [0.4, 0.5) is 0 Å². The monoisotopic (exact) mass is 312 g/mol. The fourth-order valence-electron chi connectivity index (χ4n) is 3.36. The lowest BCUT2D eigenvalue weighted by Gasteiger charge is -2.33. The van der Waals surface area contributed by atoms with Crippen LogP contribution in [0.25, 0.3) is 0 Å². The van der Waals surface area contributed by atoms with Crippen LogP contribution in [0.1, 0.15) is 41.5 Å². The molecule has 1 atom stereocenters. The average molecular weight is 312 g/mol. The minimum Gasteiger partial charge on any atom is -0.480 e. The van der Waals surface area contributed by atoms with Crippen LogP contribution in [0.5, 0.6) is 0 Å². The van der Waals surface area contributed by atoms with Gasteiger partial charge in [-0.15, -0.1) is 10.2 Å². The first-order valence-electron chi connectivity index (χ1n) is 8.06. The van der Waals surface area contributed by atoms with Gasteiger partial charge in [0, 0.05) is 6.54 Å². The number of aromatic nitrogens is 3. The third-order valence-corrected chi connectivity index (χ3v) is 4.82. The predicted molar refractivity (Wildman–Crippen MR) is 83.8 cm³/mol. The number of fused-ring (bicyclic) bond motifs is 1. The number of hydrogen-bond acceptors (Lipinski definition) is 4. The Morgan fingerprint density at radius 2 is 2.17 bits per heavy atom. The molecule has 0 amide bonds. The van der Waals surface area contributed by atoms with Gasteiger partial charge < -0.3 is 9.67 Å². The zero-order valence-electron chi connectivity index (χ0n) is 13.1. The summed E-state index contributed by atoms with van der Waals surface area (Å²) in [5.41, 5.74) is 2.55. The van der Waals surface area contributed by atoms with Crippen LogP contribution in [-0.2, 0) is 24.4 Å². The van der Waals surface area contributed by atoms with E-state index in [2.05, 4.69) is 34.5 Å². The number of carboxylic acids is 1. The van der Waals surface area contributed by atoms with Crippen molar-refractivity contribution in [3.63, 3.8) is 0 Å². The first-order chi connectivity index (χ1) is 11.1. The Kier molecular flexibility index (Phi) is 3.41. The highest BCUT2D eigenvalue weighted by atomic mass is 16.4. The molecular formula is C17H20N4O2. The van der Waals surface area contributed by atoms with Gasteiger partial charge in [-0.3, -0.25) is 9.69 Å². The molecule has 6 heteroatoms. The van der Waals surface area contributed by atoms with Crippen LogP contribution in [0, 0.1) is 6.92 Å². The van der Waals surface area contributed by atoms with E-state index in [1.807, 2.05) is 16.4 Å². The number of rotatable bonds is 4. The molecule has 1 fully saturated rings. The van der Waals surface area contributed by atoms with E-state index in [4.69, 9.17) is 0 Å². The highest BCUT2D eigenvalue weighted by molar-refractivity contribution is 5.73. The standard InChI is InChI=1S/C17H20N4O2/c1-11-18-19-16-10-20(15(17(22)23)9-21(11)16)8-12-3-2-4-14(7-12)13-5-6-13/h2-4,7,13,15H,5-6,8-10H2,1H3,(H,22,23). The summed E-state index contributed by atoms with van der Waals surface area (Å²) < 4.78 is 1.91. The Morgan fingerprint density at radius 3 is 2.91 bits per heavy atom. The molecule has 1 N–H and O–H groups in total. The summed E-state index contributed by atoms with van der Waals surface area (Å²) in [5, 5.41) is 17.8. The van der Waals surface area contributed by atoms with Gasteiger partial charge in [0.1, 0.15) is 17.7 Å². The van der Waals surface area contributed by atoms with Gasteiger partial charge in [-0.2, -0.15) is 0 Å². The molecule has 0 saturated heterocycles. The highest BCUT2D eigenvalue weighted by Crippen LogP contribution is 2.40. The Hall–Kier alpha value is -2.21. The van der Waals surface area contributed by atoms with Crippen LogP contribution in [0.2, 0.25) is 0 Å². The molecule has 1 aromatic heterocycles. The molecule has 1 saturated carbocycles. The number of nitrogens with zero attached hydrogens (tertiary/aromatic N) is 4. The SMILES string of the molecule is Cc1nnc2n1CC(C(=O)O)N(Cc1cccc(C3CC3)c1)C2. The maximum atomic E-state index is 11.7.